The van der Waals surface area contributed by atoms with Gasteiger partial charge in [0.05, 0.1) is 6.61 Å². The zero-order valence-corrected chi connectivity index (χ0v) is 10.6. The van der Waals surface area contributed by atoms with Gasteiger partial charge in [-0.2, -0.15) is 0 Å². The number of nitrogens with one attached hydrogen (secondary N) is 1. The molecular formula is C14H23NO. The zero-order valence-electron chi connectivity index (χ0n) is 10.6. The number of rotatable bonds is 7. The van der Waals surface area contributed by atoms with Gasteiger partial charge in [0, 0.05) is 12.6 Å². The average molecular weight is 221 g/mol. The molecule has 0 saturated heterocycles. The molecule has 0 fully saturated rings. The Labute approximate surface area is 99.0 Å². The summed E-state index contributed by atoms with van der Waals surface area (Å²) in [5.41, 5.74) is 1.31. The standard InChI is InChI=1S/C14H23NO/c1-4-10-16-14-8-6-13(7-9-14)11-15-12(3)5-2/h6-9,12,15H,4-5,10-11H2,1-3H3. The van der Waals surface area contributed by atoms with E-state index in [2.05, 4.69) is 38.2 Å². The number of benzene rings is 1. The lowest BCUT2D eigenvalue weighted by Gasteiger charge is -2.11. The summed E-state index contributed by atoms with van der Waals surface area (Å²) in [6.45, 7) is 8.25. The third-order valence-corrected chi connectivity index (χ3v) is 2.66. The molecule has 16 heavy (non-hydrogen) atoms. The van der Waals surface area contributed by atoms with Crippen LogP contribution in [0.25, 0.3) is 0 Å². The lowest BCUT2D eigenvalue weighted by atomic mass is 10.2. The van der Waals surface area contributed by atoms with E-state index >= 15 is 0 Å². The summed E-state index contributed by atoms with van der Waals surface area (Å²) < 4.78 is 5.54. The van der Waals surface area contributed by atoms with Gasteiger partial charge in [0.15, 0.2) is 0 Å². The summed E-state index contributed by atoms with van der Waals surface area (Å²) in [6.07, 6.45) is 2.22. The van der Waals surface area contributed by atoms with Gasteiger partial charge in [-0.3, -0.25) is 0 Å². The van der Waals surface area contributed by atoms with Crippen LogP contribution in [0.3, 0.4) is 0 Å². The van der Waals surface area contributed by atoms with E-state index in [1.807, 2.05) is 12.1 Å². The second-order valence-corrected chi connectivity index (χ2v) is 4.18. The molecule has 0 bridgehead atoms. The Bertz CT molecular complexity index is 281. The summed E-state index contributed by atoms with van der Waals surface area (Å²) in [7, 11) is 0. The molecule has 1 aromatic rings. The first-order valence-corrected chi connectivity index (χ1v) is 6.21. The van der Waals surface area contributed by atoms with E-state index in [1.165, 1.54) is 5.56 Å². The second-order valence-electron chi connectivity index (χ2n) is 4.18. The van der Waals surface area contributed by atoms with Crippen molar-refractivity contribution in [1.82, 2.24) is 5.32 Å². The Balaban J connectivity index is 2.38. The van der Waals surface area contributed by atoms with Crippen molar-refractivity contribution in [3.8, 4) is 5.75 Å². The molecule has 0 aromatic heterocycles. The van der Waals surface area contributed by atoms with Crippen LogP contribution >= 0.6 is 0 Å². The van der Waals surface area contributed by atoms with Crippen LogP contribution in [-0.2, 0) is 6.54 Å². The molecule has 1 N–H and O–H groups in total. The van der Waals surface area contributed by atoms with Crippen molar-refractivity contribution in [2.75, 3.05) is 6.61 Å². The molecule has 1 rings (SSSR count). The Morgan fingerprint density at radius 2 is 1.88 bits per heavy atom. The highest BCUT2D eigenvalue weighted by Gasteiger charge is 1.98. The van der Waals surface area contributed by atoms with Crippen molar-refractivity contribution in [3.63, 3.8) is 0 Å². The van der Waals surface area contributed by atoms with Crippen LogP contribution in [0.15, 0.2) is 24.3 Å². The highest BCUT2D eigenvalue weighted by molar-refractivity contribution is 5.27. The van der Waals surface area contributed by atoms with E-state index in [4.69, 9.17) is 4.74 Å². The molecule has 1 atom stereocenters. The van der Waals surface area contributed by atoms with Crippen molar-refractivity contribution >= 4 is 0 Å². The maximum absolute atomic E-state index is 5.54. The first-order chi connectivity index (χ1) is 7.76. The first-order valence-electron chi connectivity index (χ1n) is 6.21. The fourth-order valence-electron chi connectivity index (χ4n) is 1.36. The Hall–Kier alpha value is -1.02. The monoisotopic (exact) mass is 221 g/mol. The van der Waals surface area contributed by atoms with Gasteiger partial charge in [0.25, 0.3) is 0 Å². The largest absolute Gasteiger partial charge is 0.494 e. The summed E-state index contributed by atoms with van der Waals surface area (Å²) >= 11 is 0. The summed E-state index contributed by atoms with van der Waals surface area (Å²) in [4.78, 5) is 0. The SMILES string of the molecule is CCCOc1ccc(CNC(C)CC)cc1. The van der Waals surface area contributed by atoms with E-state index in [9.17, 15) is 0 Å². The Morgan fingerprint density at radius 3 is 2.44 bits per heavy atom. The van der Waals surface area contributed by atoms with Crippen LogP contribution in [0, 0.1) is 0 Å². The van der Waals surface area contributed by atoms with Crippen LogP contribution in [0.5, 0.6) is 5.75 Å². The summed E-state index contributed by atoms with van der Waals surface area (Å²) in [5, 5.41) is 3.47. The molecule has 0 saturated carbocycles. The molecule has 0 aliphatic heterocycles. The molecule has 0 amide bonds. The minimum Gasteiger partial charge on any atom is -0.494 e. The predicted octanol–water partition coefficient (Wildman–Crippen LogP) is 3.36. The highest BCUT2D eigenvalue weighted by Crippen LogP contribution is 2.12. The molecule has 0 radical (unpaired) electrons. The normalized spacial score (nSPS) is 12.4. The highest BCUT2D eigenvalue weighted by atomic mass is 16.5. The average Bonchev–Trinajstić information content (AvgIpc) is 2.34. The minimum absolute atomic E-state index is 0.580. The fraction of sp³-hybridized carbons (Fsp3) is 0.571. The number of hydrogen-bond acceptors (Lipinski definition) is 2. The molecule has 0 spiro atoms. The van der Waals surface area contributed by atoms with Crippen molar-refractivity contribution in [3.05, 3.63) is 29.8 Å². The molecule has 0 aliphatic rings. The van der Waals surface area contributed by atoms with E-state index in [1.54, 1.807) is 0 Å². The van der Waals surface area contributed by atoms with Crippen molar-refractivity contribution in [2.45, 2.75) is 46.2 Å². The van der Waals surface area contributed by atoms with E-state index in [0.29, 0.717) is 6.04 Å². The van der Waals surface area contributed by atoms with Gasteiger partial charge in [-0.25, -0.2) is 0 Å². The lowest BCUT2D eigenvalue weighted by molar-refractivity contribution is 0.317. The molecule has 0 aliphatic carbocycles. The first kappa shape index (κ1) is 13.0. The molecule has 1 unspecified atom stereocenters. The quantitative estimate of drug-likeness (QED) is 0.762. The van der Waals surface area contributed by atoms with E-state index < -0.39 is 0 Å². The van der Waals surface area contributed by atoms with Gasteiger partial charge < -0.3 is 10.1 Å². The van der Waals surface area contributed by atoms with Crippen LogP contribution in [0.1, 0.15) is 39.2 Å². The molecule has 2 nitrogen and oxygen atoms in total. The Kier molecular flexibility index (Phi) is 5.94. The van der Waals surface area contributed by atoms with Gasteiger partial charge in [0.1, 0.15) is 5.75 Å². The van der Waals surface area contributed by atoms with Crippen molar-refractivity contribution in [1.29, 1.82) is 0 Å². The molecule has 90 valence electrons. The maximum atomic E-state index is 5.54. The molecule has 0 heterocycles. The molecule has 2 heteroatoms. The molecular weight excluding hydrogens is 198 g/mol. The predicted molar refractivity (Wildman–Crippen MR) is 68.8 cm³/mol. The lowest BCUT2D eigenvalue weighted by Crippen LogP contribution is -2.24. The third-order valence-electron chi connectivity index (χ3n) is 2.66. The van der Waals surface area contributed by atoms with Gasteiger partial charge >= 0.3 is 0 Å². The second kappa shape index (κ2) is 7.29. The van der Waals surface area contributed by atoms with Gasteiger partial charge in [-0.1, -0.05) is 26.0 Å². The smallest absolute Gasteiger partial charge is 0.119 e. The molecule has 1 aromatic carbocycles. The summed E-state index contributed by atoms with van der Waals surface area (Å²) in [6, 6.07) is 8.92. The van der Waals surface area contributed by atoms with Crippen molar-refractivity contribution < 1.29 is 4.74 Å². The van der Waals surface area contributed by atoms with Crippen LogP contribution < -0.4 is 10.1 Å². The summed E-state index contributed by atoms with van der Waals surface area (Å²) in [5.74, 6) is 0.967. The zero-order chi connectivity index (χ0) is 11.8. The third kappa shape index (κ3) is 4.67. The number of hydrogen-bond donors (Lipinski definition) is 1. The van der Waals surface area contributed by atoms with Crippen LogP contribution in [0.4, 0.5) is 0 Å². The van der Waals surface area contributed by atoms with Crippen LogP contribution in [0.2, 0.25) is 0 Å². The van der Waals surface area contributed by atoms with Crippen molar-refractivity contribution in [2.24, 2.45) is 0 Å². The van der Waals surface area contributed by atoms with Gasteiger partial charge in [-0.15, -0.1) is 0 Å². The van der Waals surface area contributed by atoms with Gasteiger partial charge in [-0.05, 0) is 37.5 Å². The van der Waals surface area contributed by atoms with Crippen LogP contribution in [-0.4, -0.2) is 12.6 Å². The fourth-order valence-corrected chi connectivity index (χ4v) is 1.36. The topological polar surface area (TPSA) is 21.3 Å². The van der Waals surface area contributed by atoms with Gasteiger partial charge in [0.2, 0.25) is 0 Å². The minimum atomic E-state index is 0.580. The van der Waals surface area contributed by atoms with E-state index in [-0.39, 0.29) is 0 Å². The van der Waals surface area contributed by atoms with E-state index in [0.717, 1.165) is 31.7 Å². The maximum Gasteiger partial charge on any atom is 0.119 e. The Morgan fingerprint density at radius 1 is 1.19 bits per heavy atom. The number of ether oxygens (including phenoxy) is 1.